The van der Waals surface area contributed by atoms with Crippen LogP contribution in [-0.4, -0.2) is 28.0 Å². The lowest BCUT2D eigenvalue weighted by Gasteiger charge is -2.09. The van der Waals surface area contributed by atoms with Crippen LogP contribution in [0.4, 0.5) is 4.39 Å². The molecule has 0 aliphatic carbocycles. The molecular formula is C17H17FN2O2S. The number of halogens is 1. The maximum absolute atomic E-state index is 13.0. The van der Waals surface area contributed by atoms with Crippen molar-refractivity contribution in [3.8, 4) is 0 Å². The van der Waals surface area contributed by atoms with Crippen LogP contribution in [0.5, 0.6) is 0 Å². The number of hydrogen-bond acceptors (Lipinski definition) is 4. The summed E-state index contributed by atoms with van der Waals surface area (Å²) in [6.45, 7) is 6.18. The SMILES string of the molecule is C=C(N=C(OCC)c1ccc(F)cc1)c1ccc(S(C)=O)nc1. The summed E-state index contributed by atoms with van der Waals surface area (Å²) in [4.78, 5) is 8.49. The van der Waals surface area contributed by atoms with Gasteiger partial charge in [0.25, 0.3) is 0 Å². The highest BCUT2D eigenvalue weighted by Crippen LogP contribution is 2.16. The number of hydrogen-bond donors (Lipinski definition) is 0. The fourth-order valence-corrected chi connectivity index (χ4v) is 2.28. The standard InChI is InChI=1S/C17H17FN2O2S/c1-4-22-17(13-5-8-15(18)9-6-13)20-12(2)14-7-10-16(19-11-14)23(3)21/h5-11H,2,4H2,1,3H3. The zero-order chi connectivity index (χ0) is 16.8. The van der Waals surface area contributed by atoms with Crippen LogP contribution in [0.1, 0.15) is 18.1 Å². The Morgan fingerprint density at radius 2 is 1.91 bits per heavy atom. The van der Waals surface area contributed by atoms with Crippen LogP contribution in [0.2, 0.25) is 0 Å². The lowest BCUT2D eigenvalue weighted by atomic mass is 10.2. The van der Waals surface area contributed by atoms with Gasteiger partial charge in [-0.1, -0.05) is 6.58 Å². The van der Waals surface area contributed by atoms with Crippen molar-refractivity contribution in [1.82, 2.24) is 4.98 Å². The Kier molecular flexibility index (Phi) is 5.76. The van der Waals surface area contributed by atoms with Crippen LogP contribution in [-0.2, 0) is 15.5 Å². The lowest BCUT2D eigenvalue weighted by molar-refractivity contribution is 0.329. The Labute approximate surface area is 137 Å². The van der Waals surface area contributed by atoms with E-state index in [1.807, 2.05) is 6.92 Å². The van der Waals surface area contributed by atoms with Crippen molar-refractivity contribution in [1.29, 1.82) is 0 Å². The second kappa shape index (κ2) is 7.78. The number of ether oxygens (including phenoxy) is 1. The molecule has 2 rings (SSSR count). The van der Waals surface area contributed by atoms with E-state index in [1.54, 1.807) is 36.7 Å². The summed E-state index contributed by atoms with van der Waals surface area (Å²) in [5, 5.41) is 0.495. The van der Waals surface area contributed by atoms with E-state index in [-0.39, 0.29) is 5.82 Å². The van der Waals surface area contributed by atoms with Gasteiger partial charge < -0.3 is 4.74 Å². The van der Waals surface area contributed by atoms with E-state index in [2.05, 4.69) is 16.6 Å². The lowest BCUT2D eigenvalue weighted by Crippen LogP contribution is -2.07. The van der Waals surface area contributed by atoms with Gasteiger partial charge in [-0.3, -0.25) is 4.21 Å². The van der Waals surface area contributed by atoms with Gasteiger partial charge in [-0.15, -0.1) is 0 Å². The molecule has 1 heterocycles. The summed E-state index contributed by atoms with van der Waals surface area (Å²) < 4.78 is 29.9. The van der Waals surface area contributed by atoms with E-state index < -0.39 is 10.8 Å². The molecule has 0 fully saturated rings. The van der Waals surface area contributed by atoms with Gasteiger partial charge >= 0.3 is 0 Å². The molecule has 23 heavy (non-hydrogen) atoms. The van der Waals surface area contributed by atoms with Crippen molar-refractivity contribution in [2.24, 2.45) is 4.99 Å². The average Bonchev–Trinajstić information content (AvgIpc) is 2.55. The molecule has 1 atom stereocenters. The smallest absolute Gasteiger partial charge is 0.221 e. The van der Waals surface area contributed by atoms with Gasteiger partial charge in [-0.05, 0) is 43.3 Å². The Morgan fingerprint density at radius 3 is 2.43 bits per heavy atom. The van der Waals surface area contributed by atoms with Gasteiger partial charge in [0.05, 0.1) is 23.1 Å². The molecule has 0 saturated heterocycles. The summed E-state index contributed by atoms with van der Waals surface area (Å²) in [5.41, 5.74) is 1.81. The number of aliphatic imine (C=N–C) groups is 1. The molecule has 0 radical (unpaired) electrons. The Balaban J connectivity index is 2.29. The molecular weight excluding hydrogens is 315 g/mol. The molecule has 0 aliphatic rings. The second-order valence-corrected chi connectivity index (χ2v) is 5.97. The minimum atomic E-state index is -1.13. The first-order valence-corrected chi connectivity index (χ1v) is 8.53. The number of pyridine rings is 1. The minimum absolute atomic E-state index is 0.323. The van der Waals surface area contributed by atoms with E-state index in [0.717, 1.165) is 0 Å². The monoisotopic (exact) mass is 332 g/mol. The van der Waals surface area contributed by atoms with Gasteiger partial charge in [0.15, 0.2) is 0 Å². The summed E-state index contributed by atoms with van der Waals surface area (Å²) >= 11 is 0. The molecule has 6 heteroatoms. The molecule has 2 aromatic rings. The number of aromatic nitrogens is 1. The maximum atomic E-state index is 13.0. The predicted molar refractivity (Wildman–Crippen MR) is 90.2 cm³/mol. The highest BCUT2D eigenvalue weighted by Gasteiger charge is 2.08. The van der Waals surface area contributed by atoms with Crippen LogP contribution < -0.4 is 0 Å². The highest BCUT2D eigenvalue weighted by molar-refractivity contribution is 7.84. The van der Waals surface area contributed by atoms with E-state index in [9.17, 15) is 8.60 Å². The Morgan fingerprint density at radius 1 is 1.26 bits per heavy atom. The van der Waals surface area contributed by atoms with Crippen LogP contribution >= 0.6 is 0 Å². The molecule has 0 bridgehead atoms. The molecule has 1 aromatic heterocycles. The van der Waals surface area contributed by atoms with Crippen molar-refractivity contribution in [3.63, 3.8) is 0 Å². The minimum Gasteiger partial charge on any atom is -0.478 e. The highest BCUT2D eigenvalue weighted by atomic mass is 32.2. The first kappa shape index (κ1) is 17.0. The van der Waals surface area contributed by atoms with Crippen molar-refractivity contribution < 1.29 is 13.3 Å². The molecule has 0 amide bonds. The molecule has 0 spiro atoms. The van der Waals surface area contributed by atoms with Crippen LogP contribution in [0.25, 0.3) is 5.70 Å². The molecule has 1 aromatic carbocycles. The average molecular weight is 332 g/mol. The van der Waals surface area contributed by atoms with Gasteiger partial charge in [0.2, 0.25) is 5.90 Å². The summed E-state index contributed by atoms with van der Waals surface area (Å²) in [6.07, 6.45) is 3.13. The summed E-state index contributed by atoms with van der Waals surface area (Å²) in [5.74, 6) is 0.0384. The quantitative estimate of drug-likeness (QED) is 0.623. The first-order valence-electron chi connectivity index (χ1n) is 6.97. The molecule has 0 saturated carbocycles. The Bertz CT molecular complexity index is 740. The maximum Gasteiger partial charge on any atom is 0.221 e. The van der Waals surface area contributed by atoms with Crippen LogP contribution in [0.15, 0.2) is 59.2 Å². The number of rotatable bonds is 5. The fraction of sp³-hybridized carbons (Fsp3) is 0.176. The third-order valence-corrected chi connectivity index (χ3v) is 3.80. The zero-order valence-electron chi connectivity index (χ0n) is 13.0. The van der Waals surface area contributed by atoms with Crippen molar-refractivity contribution in [3.05, 3.63) is 66.1 Å². The molecule has 0 N–H and O–H groups in total. The summed E-state index contributed by atoms with van der Waals surface area (Å²) in [6, 6.07) is 9.31. The number of nitrogens with zero attached hydrogens (tertiary/aromatic N) is 2. The molecule has 1 unspecified atom stereocenters. The van der Waals surface area contributed by atoms with Gasteiger partial charge in [0, 0.05) is 23.6 Å². The summed E-state index contributed by atoms with van der Waals surface area (Å²) in [7, 11) is -1.13. The number of benzene rings is 1. The molecule has 0 aliphatic heterocycles. The molecule has 4 nitrogen and oxygen atoms in total. The van der Waals surface area contributed by atoms with Crippen molar-refractivity contribution in [2.45, 2.75) is 11.9 Å². The fourth-order valence-electron chi connectivity index (χ4n) is 1.82. The third-order valence-electron chi connectivity index (χ3n) is 2.97. The van der Waals surface area contributed by atoms with Crippen molar-refractivity contribution >= 4 is 22.4 Å². The van der Waals surface area contributed by atoms with E-state index in [0.29, 0.717) is 34.4 Å². The Hall–Kier alpha value is -2.34. The van der Waals surface area contributed by atoms with Gasteiger partial charge in [0.1, 0.15) is 10.8 Å². The van der Waals surface area contributed by atoms with Crippen LogP contribution in [0, 0.1) is 5.82 Å². The van der Waals surface area contributed by atoms with Crippen LogP contribution in [0.3, 0.4) is 0 Å². The third kappa shape index (κ3) is 4.56. The van der Waals surface area contributed by atoms with E-state index >= 15 is 0 Å². The largest absolute Gasteiger partial charge is 0.478 e. The molecule has 120 valence electrons. The first-order chi connectivity index (χ1) is 11.0. The van der Waals surface area contributed by atoms with Gasteiger partial charge in [-0.25, -0.2) is 14.4 Å². The predicted octanol–water partition coefficient (Wildman–Crippen LogP) is 3.41. The zero-order valence-corrected chi connectivity index (χ0v) is 13.8. The second-order valence-electron chi connectivity index (χ2n) is 4.64. The van der Waals surface area contributed by atoms with Gasteiger partial charge in [-0.2, -0.15) is 0 Å². The van der Waals surface area contributed by atoms with Crippen molar-refractivity contribution in [2.75, 3.05) is 12.9 Å². The van der Waals surface area contributed by atoms with E-state index in [4.69, 9.17) is 4.74 Å². The topological polar surface area (TPSA) is 51.5 Å². The van der Waals surface area contributed by atoms with E-state index in [1.165, 1.54) is 12.1 Å². The normalized spacial score (nSPS) is 12.7.